The summed E-state index contributed by atoms with van der Waals surface area (Å²) in [6.07, 6.45) is -2.63. The van der Waals surface area contributed by atoms with Gasteiger partial charge in [0.2, 0.25) is 0 Å². The number of aromatic nitrogens is 4. The van der Waals surface area contributed by atoms with Gasteiger partial charge >= 0.3 is 12.3 Å². The van der Waals surface area contributed by atoms with Gasteiger partial charge in [0, 0.05) is 42.8 Å². The summed E-state index contributed by atoms with van der Waals surface area (Å²) in [6.45, 7) is 6.92. The maximum absolute atomic E-state index is 13.5. The number of alkyl halides is 3. The smallest absolute Gasteiger partial charge is 0.407 e. The van der Waals surface area contributed by atoms with Crippen LogP contribution in [0.15, 0.2) is 23.8 Å². The summed E-state index contributed by atoms with van der Waals surface area (Å²) in [5, 5.41) is 18.8. The third kappa shape index (κ3) is 6.17. The molecule has 0 unspecified atom stereocenters. The highest BCUT2D eigenvalue weighted by Crippen LogP contribution is 2.29. The molecule has 1 aliphatic rings. The fourth-order valence-electron chi connectivity index (χ4n) is 4.16. The number of likely N-dealkylation sites (tertiary alicyclic amines) is 1. The lowest BCUT2D eigenvalue weighted by molar-refractivity contribution is -0.147. The van der Waals surface area contributed by atoms with E-state index in [-0.39, 0.29) is 43.1 Å². The molecule has 4 heterocycles. The molecule has 0 radical (unpaired) electrons. The van der Waals surface area contributed by atoms with Gasteiger partial charge in [-0.3, -0.25) is 9.69 Å². The second-order valence-electron chi connectivity index (χ2n) is 10.5. The van der Waals surface area contributed by atoms with Crippen LogP contribution in [0.1, 0.15) is 51.0 Å². The fraction of sp³-hybridized carbons (Fsp3) is 0.542. The highest BCUT2D eigenvalue weighted by atomic mass is 32.1. The van der Waals surface area contributed by atoms with Crippen LogP contribution < -0.4 is 5.32 Å². The summed E-state index contributed by atoms with van der Waals surface area (Å²) >= 11 is 1.46. The van der Waals surface area contributed by atoms with Gasteiger partial charge < -0.3 is 15.3 Å². The Labute approximate surface area is 221 Å². The highest BCUT2D eigenvalue weighted by molar-refractivity contribution is 7.16. The number of carboxylic acid groups (broad SMARTS) is 1. The van der Waals surface area contributed by atoms with Crippen molar-refractivity contribution < 1.29 is 27.9 Å². The number of nitrogens with zero attached hydrogens (tertiary/aromatic N) is 6. The Hall–Kier alpha value is -3.42. The molecule has 3 aromatic heterocycles. The average Bonchev–Trinajstić information content (AvgIpc) is 3.45. The number of anilines is 1. The zero-order valence-corrected chi connectivity index (χ0v) is 22.3. The Balaban J connectivity index is 1.59. The van der Waals surface area contributed by atoms with Gasteiger partial charge in [-0.15, -0.1) is 11.3 Å². The number of carbonyl (C=O) groups excluding carboxylic acids is 1. The molecule has 2 N–H and O–H groups in total. The van der Waals surface area contributed by atoms with E-state index in [0.29, 0.717) is 22.1 Å². The van der Waals surface area contributed by atoms with E-state index in [4.69, 9.17) is 0 Å². The monoisotopic (exact) mass is 553 g/mol. The van der Waals surface area contributed by atoms with Crippen molar-refractivity contribution in [1.29, 1.82) is 0 Å². The number of nitrogens with one attached hydrogen (secondary N) is 1. The Bertz CT molecular complexity index is 1310. The molecule has 0 bridgehead atoms. The van der Waals surface area contributed by atoms with Crippen molar-refractivity contribution in [3.63, 3.8) is 0 Å². The molecule has 0 aliphatic carbocycles. The van der Waals surface area contributed by atoms with Crippen molar-refractivity contribution in [3.8, 4) is 11.4 Å². The van der Waals surface area contributed by atoms with Crippen LogP contribution in [0, 0.1) is 5.41 Å². The number of piperidine rings is 1. The molecule has 206 valence electrons. The van der Waals surface area contributed by atoms with E-state index >= 15 is 0 Å². The van der Waals surface area contributed by atoms with E-state index < -0.39 is 30.8 Å². The van der Waals surface area contributed by atoms with Crippen molar-refractivity contribution in [2.45, 2.75) is 58.8 Å². The number of amides is 2. The first-order valence-electron chi connectivity index (χ1n) is 12.2. The average molecular weight is 554 g/mol. The minimum Gasteiger partial charge on any atom is -0.465 e. The van der Waals surface area contributed by atoms with E-state index in [1.165, 1.54) is 16.2 Å². The van der Waals surface area contributed by atoms with Gasteiger partial charge in [0.25, 0.3) is 5.91 Å². The Morgan fingerprint density at radius 1 is 1.24 bits per heavy atom. The Morgan fingerprint density at radius 2 is 1.92 bits per heavy atom. The molecule has 1 saturated heterocycles. The van der Waals surface area contributed by atoms with Crippen molar-refractivity contribution in [2.24, 2.45) is 5.41 Å². The molecular formula is C24H30F3N7O3S. The van der Waals surface area contributed by atoms with Crippen LogP contribution in [0.25, 0.3) is 16.2 Å². The molecular weight excluding hydrogens is 523 g/mol. The minimum absolute atomic E-state index is 0.00787. The quantitative estimate of drug-likeness (QED) is 0.449. The maximum atomic E-state index is 13.5. The molecule has 1 atom stereocenters. The zero-order valence-electron chi connectivity index (χ0n) is 21.5. The summed E-state index contributed by atoms with van der Waals surface area (Å²) in [6, 6.07) is 0.750. The third-order valence-electron chi connectivity index (χ3n) is 6.77. The number of thiazole rings is 1. The molecule has 38 heavy (non-hydrogen) atoms. The van der Waals surface area contributed by atoms with Gasteiger partial charge in [-0.05, 0) is 25.2 Å². The normalized spacial score (nSPS) is 16.0. The standard InChI is InChI=1S/C24H30F3N7O3S/c1-14(23(2,3)4)29-18-11-17(30-19(31-18)16-12-28-34-9-10-38-21(16)34)20(35)32-7-5-15(6-8-32)33(22(36)37)13-24(25,26)27/h9-12,14-15H,5-8,13H2,1-4H3,(H,36,37)(H,29,30,31)/t14-/m1/s1. The van der Waals surface area contributed by atoms with Crippen molar-refractivity contribution in [1.82, 2.24) is 29.4 Å². The topological polar surface area (TPSA) is 116 Å². The predicted octanol–water partition coefficient (Wildman–Crippen LogP) is 4.85. The van der Waals surface area contributed by atoms with Crippen LogP contribution in [-0.4, -0.2) is 84.4 Å². The second kappa shape index (κ2) is 10.4. The van der Waals surface area contributed by atoms with Crippen molar-refractivity contribution in [3.05, 3.63) is 29.5 Å². The molecule has 0 saturated carbocycles. The van der Waals surface area contributed by atoms with Crippen LogP contribution in [0.3, 0.4) is 0 Å². The summed E-state index contributed by atoms with van der Waals surface area (Å²) in [7, 11) is 0. The molecule has 4 rings (SSSR count). The van der Waals surface area contributed by atoms with Crippen molar-refractivity contribution >= 4 is 34.0 Å². The maximum Gasteiger partial charge on any atom is 0.407 e. The van der Waals surface area contributed by atoms with Crippen LogP contribution >= 0.6 is 11.3 Å². The lowest BCUT2D eigenvalue weighted by Gasteiger charge is -2.37. The zero-order chi connectivity index (χ0) is 27.8. The number of hydrogen-bond acceptors (Lipinski definition) is 7. The molecule has 3 aromatic rings. The number of carbonyl (C=O) groups is 2. The summed E-state index contributed by atoms with van der Waals surface area (Å²) in [5.41, 5.74) is 0.713. The van der Waals surface area contributed by atoms with Crippen LogP contribution in [-0.2, 0) is 0 Å². The number of hydrogen-bond donors (Lipinski definition) is 2. The van der Waals surface area contributed by atoms with Gasteiger partial charge in [0.05, 0.1) is 11.8 Å². The lowest BCUT2D eigenvalue weighted by atomic mass is 9.88. The lowest BCUT2D eigenvalue weighted by Crippen LogP contribution is -2.51. The Kier molecular flexibility index (Phi) is 7.55. The van der Waals surface area contributed by atoms with E-state index in [2.05, 4.69) is 41.2 Å². The van der Waals surface area contributed by atoms with Gasteiger partial charge in [0.15, 0.2) is 5.82 Å². The largest absolute Gasteiger partial charge is 0.465 e. The Morgan fingerprint density at radius 3 is 2.53 bits per heavy atom. The number of fused-ring (bicyclic) bond motifs is 1. The number of halogens is 3. The number of rotatable bonds is 6. The minimum atomic E-state index is -4.64. The SMILES string of the molecule is C[C@@H](Nc1cc(C(=O)N2CCC(N(CC(F)(F)F)C(=O)O)CC2)nc(-c2cnn3ccsc23)n1)C(C)(C)C. The van der Waals surface area contributed by atoms with E-state index in [1.807, 2.05) is 18.5 Å². The van der Waals surface area contributed by atoms with Crippen LogP contribution in [0.4, 0.5) is 23.8 Å². The highest BCUT2D eigenvalue weighted by Gasteiger charge is 2.38. The predicted molar refractivity (Wildman–Crippen MR) is 136 cm³/mol. The molecule has 0 aromatic carbocycles. The first kappa shape index (κ1) is 27.6. The van der Waals surface area contributed by atoms with Gasteiger partial charge in [0.1, 0.15) is 22.9 Å². The molecule has 1 fully saturated rings. The van der Waals surface area contributed by atoms with E-state index in [1.54, 1.807) is 16.8 Å². The van der Waals surface area contributed by atoms with Crippen LogP contribution in [0.5, 0.6) is 0 Å². The summed E-state index contributed by atoms with van der Waals surface area (Å²) in [4.78, 5) is 36.9. The summed E-state index contributed by atoms with van der Waals surface area (Å²) < 4.78 is 40.4. The van der Waals surface area contributed by atoms with Gasteiger partial charge in [-0.25, -0.2) is 19.3 Å². The molecule has 10 nitrogen and oxygen atoms in total. The summed E-state index contributed by atoms with van der Waals surface area (Å²) in [5.74, 6) is 0.397. The fourth-order valence-corrected chi connectivity index (χ4v) is 4.95. The van der Waals surface area contributed by atoms with Crippen molar-refractivity contribution in [2.75, 3.05) is 25.0 Å². The van der Waals surface area contributed by atoms with E-state index in [0.717, 1.165) is 4.83 Å². The molecule has 1 aliphatic heterocycles. The second-order valence-corrected chi connectivity index (χ2v) is 11.3. The third-order valence-corrected chi connectivity index (χ3v) is 7.66. The molecule has 0 spiro atoms. The molecule has 2 amide bonds. The van der Waals surface area contributed by atoms with E-state index in [9.17, 15) is 27.9 Å². The van der Waals surface area contributed by atoms with Gasteiger partial charge in [-0.2, -0.15) is 18.3 Å². The van der Waals surface area contributed by atoms with Gasteiger partial charge in [-0.1, -0.05) is 20.8 Å². The first-order chi connectivity index (χ1) is 17.7. The molecule has 14 heteroatoms. The van der Waals surface area contributed by atoms with Crippen LogP contribution in [0.2, 0.25) is 0 Å². The first-order valence-corrected chi connectivity index (χ1v) is 13.0.